The topological polar surface area (TPSA) is 12.5 Å². The molecule has 0 aromatic rings. The van der Waals surface area contributed by atoms with Crippen LogP contribution in [0.3, 0.4) is 0 Å². The summed E-state index contributed by atoms with van der Waals surface area (Å²) in [5.41, 5.74) is 0. The van der Waals surface area contributed by atoms with Crippen molar-refractivity contribution >= 4 is 0 Å². The third kappa shape index (κ3) is 5.27. The van der Waals surface area contributed by atoms with Gasteiger partial charge in [-0.1, -0.05) is 20.8 Å². The second kappa shape index (κ2) is 7.34. The molecule has 0 unspecified atom stereocenters. The van der Waals surface area contributed by atoms with Gasteiger partial charge in [-0.05, 0) is 19.8 Å². The molecule has 13 heavy (non-hydrogen) atoms. The van der Waals surface area contributed by atoms with Crippen molar-refractivity contribution in [2.75, 3.05) is 26.3 Å². The summed E-state index contributed by atoms with van der Waals surface area (Å²) in [5.74, 6) is 0.694. The van der Waals surface area contributed by atoms with E-state index in [4.69, 9.17) is 4.74 Å². The van der Waals surface area contributed by atoms with Crippen molar-refractivity contribution in [3.63, 3.8) is 0 Å². The number of hydrogen-bond donors (Lipinski definition) is 0. The number of nitrogens with zero attached hydrogens (tertiary/aromatic N) is 1. The van der Waals surface area contributed by atoms with Gasteiger partial charge < -0.3 is 4.74 Å². The highest BCUT2D eigenvalue weighted by atomic mass is 16.5. The van der Waals surface area contributed by atoms with E-state index in [1.54, 1.807) is 0 Å². The van der Waals surface area contributed by atoms with Crippen molar-refractivity contribution in [2.24, 2.45) is 5.92 Å². The molecule has 0 saturated carbocycles. The second-order valence-corrected chi connectivity index (χ2v) is 3.77. The first-order chi connectivity index (χ1) is 6.20. The second-order valence-electron chi connectivity index (χ2n) is 3.77. The molecule has 1 atom stereocenters. The Morgan fingerprint density at radius 3 is 2.46 bits per heavy atom. The first-order valence-electron chi connectivity index (χ1n) is 5.52. The van der Waals surface area contributed by atoms with Crippen molar-refractivity contribution in [1.82, 2.24) is 4.90 Å². The molecule has 0 spiro atoms. The molecule has 2 heteroatoms. The summed E-state index contributed by atoms with van der Waals surface area (Å²) in [7, 11) is 0. The summed E-state index contributed by atoms with van der Waals surface area (Å²) in [6.45, 7) is 14.9. The van der Waals surface area contributed by atoms with Crippen LogP contribution < -0.4 is 0 Å². The number of rotatable bonds is 1. The number of hydrogen-bond acceptors (Lipinski definition) is 2. The molecule has 1 saturated heterocycles. The molecule has 0 radical (unpaired) electrons. The van der Waals surface area contributed by atoms with Crippen LogP contribution in [0.5, 0.6) is 0 Å². The van der Waals surface area contributed by atoms with Crippen LogP contribution in [0.15, 0.2) is 0 Å². The van der Waals surface area contributed by atoms with E-state index < -0.39 is 0 Å². The maximum Gasteiger partial charge on any atom is 0.0593 e. The van der Waals surface area contributed by atoms with Gasteiger partial charge in [0.25, 0.3) is 0 Å². The Kier molecular flexibility index (Phi) is 7.29. The van der Waals surface area contributed by atoms with Gasteiger partial charge in [-0.2, -0.15) is 0 Å². The maximum atomic E-state index is 5.45. The third-order valence-electron chi connectivity index (χ3n) is 2.20. The largest absolute Gasteiger partial charge is 0.380 e. The Hall–Kier alpha value is -0.0800. The van der Waals surface area contributed by atoms with Crippen LogP contribution >= 0.6 is 0 Å². The van der Waals surface area contributed by atoms with Gasteiger partial charge in [-0.3, -0.25) is 4.90 Å². The van der Waals surface area contributed by atoms with Gasteiger partial charge in [0.1, 0.15) is 0 Å². The summed E-state index contributed by atoms with van der Waals surface area (Å²) in [6, 6.07) is 0.666. The minimum atomic E-state index is 0.666. The molecule has 1 aliphatic rings. The van der Waals surface area contributed by atoms with E-state index in [0.29, 0.717) is 12.0 Å². The van der Waals surface area contributed by atoms with Crippen LogP contribution in [0.25, 0.3) is 0 Å². The van der Waals surface area contributed by atoms with Crippen LogP contribution in [0.4, 0.5) is 0 Å². The van der Waals surface area contributed by atoms with E-state index in [0.717, 1.165) is 19.8 Å². The van der Waals surface area contributed by atoms with Crippen molar-refractivity contribution < 1.29 is 4.74 Å². The Bertz CT molecular complexity index is 115. The predicted octanol–water partition coefficient (Wildman–Crippen LogP) is 2.39. The van der Waals surface area contributed by atoms with E-state index in [9.17, 15) is 0 Å². The molecule has 0 aliphatic carbocycles. The molecule has 1 aliphatic heterocycles. The van der Waals surface area contributed by atoms with Crippen LogP contribution in [-0.4, -0.2) is 37.2 Å². The zero-order valence-electron chi connectivity index (χ0n) is 9.84. The third-order valence-corrected chi connectivity index (χ3v) is 2.20. The monoisotopic (exact) mass is 187 g/mol. The highest BCUT2D eigenvalue weighted by Crippen LogP contribution is 2.08. The van der Waals surface area contributed by atoms with Gasteiger partial charge in [-0.15, -0.1) is 0 Å². The molecule has 2 nitrogen and oxygen atoms in total. The lowest BCUT2D eigenvalue weighted by molar-refractivity contribution is 0.124. The van der Waals surface area contributed by atoms with Crippen LogP contribution in [0.2, 0.25) is 0 Å². The molecule has 0 bridgehead atoms. The average Bonchev–Trinajstić information content (AvgIpc) is 2.33. The standard InChI is InChI=1S/C9H19NO.C2H6/c1-8(2)10-4-5-11-7-9(3)6-10;1-2/h8-9H,4-7H2,1-3H3;1-2H3/t9-;/m0./s1. The Morgan fingerprint density at radius 1 is 1.31 bits per heavy atom. The van der Waals surface area contributed by atoms with E-state index in [-0.39, 0.29) is 0 Å². The van der Waals surface area contributed by atoms with Crippen LogP contribution in [0.1, 0.15) is 34.6 Å². The fourth-order valence-corrected chi connectivity index (χ4v) is 1.48. The minimum Gasteiger partial charge on any atom is -0.380 e. The molecular weight excluding hydrogens is 162 g/mol. The Balaban J connectivity index is 0.000000671. The van der Waals surface area contributed by atoms with E-state index in [1.807, 2.05) is 13.8 Å². The highest BCUT2D eigenvalue weighted by molar-refractivity contribution is 4.68. The lowest BCUT2D eigenvalue weighted by atomic mass is 10.1. The van der Waals surface area contributed by atoms with Crippen LogP contribution in [-0.2, 0) is 4.74 Å². The first-order valence-corrected chi connectivity index (χ1v) is 5.52. The Labute approximate surface area is 83.3 Å². The van der Waals surface area contributed by atoms with Crippen molar-refractivity contribution in [3.05, 3.63) is 0 Å². The summed E-state index contributed by atoms with van der Waals surface area (Å²) in [6.07, 6.45) is 0. The van der Waals surface area contributed by atoms with Crippen LogP contribution in [0, 0.1) is 5.92 Å². The summed E-state index contributed by atoms with van der Waals surface area (Å²) in [4.78, 5) is 2.48. The zero-order chi connectivity index (χ0) is 10.3. The van der Waals surface area contributed by atoms with Gasteiger partial charge in [0.05, 0.1) is 13.2 Å². The van der Waals surface area contributed by atoms with Crippen molar-refractivity contribution in [2.45, 2.75) is 40.7 Å². The molecule has 0 aromatic carbocycles. The number of ether oxygens (including phenoxy) is 1. The SMILES string of the molecule is CC.CC(C)N1CCOC[C@@H](C)C1. The fourth-order valence-electron chi connectivity index (χ4n) is 1.48. The summed E-state index contributed by atoms with van der Waals surface area (Å²) >= 11 is 0. The minimum absolute atomic E-state index is 0.666. The molecule has 1 rings (SSSR count). The molecule has 1 heterocycles. The Morgan fingerprint density at radius 2 is 1.92 bits per heavy atom. The van der Waals surface area contributed by atoms with E-state index >= 15 is 0 Å². The predicted molar refractivity (Wildman–Crippen MR) is 58.0 cm³/mol. The zero-order valence-corrected chi connectivity index (χ0v) is 9.84. The molecule has 80 valence electrons. The molecule has 0 N–H and O–H groups in total. The average molecular weight is 187 g/mol. The first kappa shape index (κ1) is 12.9. The normalized spacial score (nSPS) is 24.9. The molecule has 1 fully saturated rings. The lowest BCUT2D eigenvalue weighted by Crippen LogP contribution is -2.35. The fraction of sp³-hybridized carbons (Fsp3) is 1.00. The van der Waals surface area contributed by atoms with Gasteiger partial charge in [0.2, 0.25) is 0 Å². The van der Waals surface area contributed by atoms with Gasteiger partial charge in [-0.25, -0.2) is 0 Å². The van der Waals surface area contributed by atoms with Crippen molar-refractivity contribution in [1.29, 1.82) is 0 Å². The van der Waals surface area contributed by atoms with Gasteiger partial charge in [0.15, 0.2) is 0 Å². The molecule has 0 aromatic heterocycles. The van der Waals surface area contributed by atoms with E-state index in [1.165, 1.54) is 6.54 Å². The van der Waals surface area contributed by atoms with Gasteiger partial charge >= 0.3 is 0 Å². The summed E-state index contributed by atoms with van der Waals surface area (Å²) in [5, 5.41) is 0. The lowest BCUT2D eigenvalue weighted by Gasteiger charge is -2.25. The molecule has 0 amide bonds. The summed E-state index contributed by atoms with van der Waals surface area (Å²) < 4.78 is 5.45. The van der Waals surface area contributed by atoms with E-state index in [2.05, 4.69) is 25.7 Å². The highest BCUT2D eigenvalue weighted by Gasteiger charge is 2.16. The van der Waals surface area contributed by atoms with Crippen molar-refractivity contribution in [3.8, 4) is 0 Å². The quantitative estimate of drug-likeness (QED) is 0.625. The molecular formula is C11H25NO. The maximum absolute atomic E-state index is 5.45. The van der Waals surface area contributed by atoms with Gasteiger partial charge in [0, 0.05) is 19.1 Å². The smallest absolute Gasteiger partial charge is 0.0593 e.